The molecule has 1 aromatic carbocycles. The molecular weight excluding hydrogens is 414 g/mol. The fourth-order valence-electron chi connectivity index (χ4n) is 3.57. The maximum Gasteiger partial charge on any atom is 0.421 e. The van der Waals surface area contributed by atoms with Gasteiger partial charge in [0.15, 0.2) is 5.58 Å². The average Bonchev–Trinajstić information content (AvgIpc) is 3.04. The summed E-state index contributed by atoms with van der Waals surface area (Å²) >= 11 is 5.81. The lowest BCUT2D eigenvalue weighted by atomic mass is 9.97. The molecule has 30 heavy (non-hydrogen) atoms. The fourth-order valence-corrected chi connectivity index (χ4v) is 3.69. The number of non-ortho nitro benzene ring substituents is 1. The number of halogens is 1. The van der Waals surface area contributed by atoms with E-state index in [1.54, 1.807) is 12.1 Å². The third-order valence-corrected chi connectivity index (χ3v) is 5.28. The van der Waals surface area contributed by atoms with Crippen LogP contribution in [0.25, 0.3) is 11.1 Å². The molecule has 1 fully saturated rings. The number of hydrogen-bond donors (Lipinski definition) is 1. The van der Waals surface area contributed by atoms with Crippen molar-refractivity contribution in [3.05, 3.63) is 62.2 Å². The number of nitro benzene ring substituents is 1. The highest BCUT2D eigenvalue weighted by atomic mass is 35.5. The van der Waals surface area contributed by atoms with Crippen molar-refractivity contribution in [2.75, 3.05) is 18.4 Å². The number of hydrogen-bond acceptors (Lipinski definition) is 7. The van der Waals surface area contributed by atoms with Crippen molar-refractivity contribution in [1.29, 1.82) is 0 Å². The first-order valence-electron chi connectivity index (χ1n) is 9.33. The minimum atomic E-state index is -0.595. The molecule has 10 nitrogen and oxygen atoms in total. The molecule has 1 atom stereocenters. The van der Waals surface area contributed by atoms with Crippen LogP contribution >= 0.6 is 11.6 Å². The van der Waals surface area contributed by atoms with Crippen LogP contribution in [0, 0.1) is 16.0 Å². The summed E-state index contributed by atoms with van der Waals surface area (Å²) in [5.74, 6) is -0.609. The van der Waals surface area contributed by atoms with E-state index < -0.39 is 10.7 Å². The number of oxazole rings is 1. The van der Waals surface area contributed by atoms with Crippen molar-refractivity contribution in [1.82, 2.24) is 14.5 Å². The molecule has 1 unspecified atom stereocenters. The van der Waals surface area contributed by atoms with Crippen LogP contribution in [0.1, 0.15) is 12.8 Å². The first kappa shape index (κ1) is 20.0. The molecule has 0 radical (unpaired) electrons. The first-order chi connectivity index (χ1) is 14.4. The molecule has 1 amide bonds. The van der Waals surface area contributed by atoms with Gasteiger partial charge in [-0.3, -0.25) is 24.4 Å². The molecule has 1 aliphatic heterocycles. The number of carbonyl (C=O) groups excluding carboxylic acids is 1. The number of nitrogens with one attached hydrogen (secondary N) is 1. The number of rotatable bonds is 5. The van der Waals surface area contributed by atoms with E-state index in [9.17, 15) is 19.7 Å². The van der Waals surface area contributed by atoms with E-state index in [1.807, 2.05) is 4.90 Å². The van der Waals surface area contributed by atoms with Gasteiger partial charge in [-0.2, -0.15) is 0 Å². The summed E-state index contributed by atoms with van der Waals surface area (Å²) < 4.78 is 6.55. The third kappa shape index (κ3) is 4.19. The summed E-state index contributed by atoms with van der Waals surface area (Å²) in [6.45, 7) is 1.31. The van der Waals surface area contributed by atoms with Gasteiger partial charge in [0, 0.05) is 24.9 Å². The molecule has 3 aromatic rings. The molecule has 156 valence electrons. The molecule has 2 aromatic heterocycles. The average molecular weight is 432 g/mol. The largest absolute Gasteiger partial charge is 0.421 e. The number of carbonyl (C=O) groups is 1. The maximum absolute atomic E-state index is 12.6. The predicted molar refractivity (Wildman–Crippen MR) is 109 cm³/mol. The van der Waals surface area contributed by atoms with Gasteiger partial charge in [0.05, 0.1) is 28.0 Å². The quantitative estimate of drug-likeness (QED) is 0.486. The second-order valence-electron chi connectivity index (χ2n) is 7.11. The van der Waals surface area contributed by atoms with Gasteiger partial charge in [0.2, 0.25) is 5.91 Å². The zero-order valence-electron chi connectivity index (χ0n) is 15.8. The third-order valence-electron chi connectivity index (χ3n) is 5.06. The van der Waals surface area contributed by atoms with E-state index in [1.165, 1.54) is 29.0 Å². The number of amides is 1. The molecule has 4 rings (SSSR count). The minimum absolute atomic E-state index is 0.122. The molecule has 0 aliphatic carbocycles. The van der Waals surface area contributed by atoms with Crippen LogP contribution < -0.4 is 11.1 Å². The normalized spacial score (nSPS) is 17.2. The first-order valence-corrected chi connectivity index (χ1v) is 9.71. The number of fused-ring (bicyclic) bond motifs is 1. The summed E-state index contributed by atoms with van der Waals surface area (Å²) in [7, 11) is 0. The van der Waals surface area contributed by atoms with Crippen LogP contribution in [-0.4, -0.2) is 38.4 Å². The molecule has 0 bridgehead atoms. The van der Waals surface area contributed by atoms with Gasteiger partial charge in [0.1, 0.15) is 5.82 Å². The van der Waals surface area contributed by atoms with Crippen molar-refractivity contribution in [3.63, 3.8) is 0 Å². The Morgan fingerprint density at radius 1 is 1.37 bits per heavy atom. The van der Waals surface area contributed by atoms with Crippen LogP contribution in [0.3, 0.4) is 0 Å². The van der Waals surface area contributed by atoms with E-state index >= 15 is 0 Å². The fraction of sp³-hybridized carbons (Fsp3) is 0.316. The lowest BCUT2D eigenvalue weighted by Crippen LogP contribution is -2.42. The van der Waals surface area contributed by atoms with Crippen LogP contribution in [0.15, 0.2) is 45.7 Å². The Balaban J connectivity index is 1.49. The summed E-state index contributed by atoms with van der Waals surface area (Å²) in [6.07, 6.45) is 2.94. The van der Waals surface area contributed by atoms with Crippen LogP contribution in [0.2, 0.25) is 5.02 Å². The van der Waals surface area contributed by atoms with Crippen LogP contribution in [0.4, 0.5) is 11.5 Å². The van der Waals surface area contributed by atoms with Gasteiger partial charge >= 0.3 is 5.76 Å². The van der Waals surface area contributed by atoms with Crippen molar-refractivity contribution < 1.29 is 14.1 Å². The Morgan fingerprint density at radius 2 is 2.20 bits per heavy atom. The summed E-state index contributed by atoms with van der Waals surface area (Å²) in [6, 6.07) is 7.30. The Hall–Kier alpha value is -3.24. The highest BCUT2D eigenvalue weighted by molar-refractivity contribution is 6.30. The standard InChI is InChI=1S/C19H18ClN5O5/c20-13-3-6-17(21-9-13)22-18(26)12-2-1-7-23(10-12)11-24-15-8-14(25(28)29)4-5-16(15)30-19(24)27/h3-6,8-9,12H,1-2,7,10-11H2,(H,21,22,26). The molecule has 11 heteroatoms. The molecular formula is C19H18ClN5O5. The Labute approximate surface area is 175 Å². The van der Waals surface area contributed by atoms with Crippen LogP contribution in [0.5, 0.6) is 0 Å². The number of benzene rings is 1. The number of piperidine rings is 1. The molecule has 1 aliphatic rings. The number of nitro groups is 1. The van der Waals surface area contributed by atoms with Gasteiger partial charge < -0.3 is 9.73 Å². The summed E-state index contributed by atoms with van der Waals surface area (Å²) in [4.78, 5) is 41.5. The van der Waals surface area contributed by atoms with Gasteiger partial charge in [-0.05, 0) is 37.6 Å². The number of nitrogens with zero attached hydrogens (tertiary/aromatic N) is 4. The number of likely N-dealkylation sites (tertiary alicyclic amines) is 1. The van der Waals surface area contributed by atoms with E-state index in [0.29, 0.717) is 35.9 Å². The minimum Gasteiger partial charge on any atom is -0.408 e. The van der Waals surface area contributed by atoms with Crippen molar-refractivity contribution in [2.24, 2.45) is 5.92 Å². The van der Waals surface area contributed by atoms with Gasteiger partial charge in [-0.15, -0.1) is 0 Å². The molecule has 0 spiro atoms. The molecule has 0 saturated carbocycles. The highest BCUT2D eigenvalue weighted by Crippen LogP contribution is 2.23. The predicted octanol–water partition coefficient (Wildman–Crippen LogP) is 2.86. The summed E-state index contributed by atoms with van der Waals surface area (Å²) in [5, 5.41) is 14.3. The topological polar surface area (TPSA) is 124 Å². The molecule has 3 heterocycles. The van der Waals surface area contributed by atoms with Crippen molar-refractivity contribution in [3.8, 4) is 0 Å². The van der Waals surface area contributed by atoms with E-state index in [-0.39, 0.29) is 29.8 Å². The van der Waals surface area contributed by atoms with E-state index in [4.69, 9.17) is 16.0 Å². The number of pyridine rings is 1. The molecule has 1 saturated heterocycles. The monoisotopic (exact) mass is 431 g/mol. The van der Waals surface area contributed by atoms with E-state index in [0.717, 1.165) is 6.42 Å². The summed E-state index contributed by atoms with van der Waals surface area (Å²) in [5.41, 5.74) is 0.514. The molecule has 1 N–H and O–H groups in total. The smallest absolute Gasteiger partial charge is 0.408 e. The van der Waals surface area contributed by atoms with Gasteiger partial charge in [-0.25, -0.2) is 9.78 Å². The zero-order valence-corrected chi connectivity index (χ0v) is 16.5. The SMILES string of the molecule is O=C(Nc1ccc(Cl)cn1)C1CCCN(Cn2c(=O)oc3ccc([N+](=O)[O-])cc32)C1. The van der Waals surface area contributed by atoms with Gasteiger partial charge in [0.25, 0.3) is 5.69 Å². The second kappa shape index (κ2) is 8.25. The lowest BCUT2D eigenvalue weighted by Gasteiger charge is -2.31. The second-order valence-corrected chi connectivity index (χ2v) is 7.55. The highest BCUT2D eigenvalue weighted by Gasteiger charge is 2.27. The number of anilines is 1. The van der Waals surface area contributed by atoms with Crippen molar-refractivity contribution >= 4 is 40.1 Å². The van der Waals surface area contributed by atoms with E-state index in [2.05, 4.69) is 10.3 Å². The van der Waals surface area contributed by atoms with Gasteiger partial charge in [-0.1, -0.05) is 11.6 Å². The Morgan fingerprint density at radius 3 is 2.93 bits per heavy atom. The zero-order chi connectivity index (χ0) is 21.3. The maximum atomic E-state index is 12.6. The lowest BCUT2D eigenvalue weighted by molar-refractivity contribution is -0.384. The number of aromatic nitrogens is 2. The Kier molecular flexibility index (Phi) is 5.51. The Bertz CT molecular complexity index is 1160. The van der Waals surface area contributed by atoms with Crippen LogP contribution in [-0.2, 0) is 11.5 Å². The van der Waals surface area contributed by atoms with Crippen molar-refractivity contribution in [2.45, 2.75) is 19.5 Å².